The predicted molar refractivity (Wildman–Crippen MR) is 109 cm³/mol. The molecular weight excluding hydrogens is 413 g/mol. The van der Waals surface area contributed by atoms with Crippen LogP contribution in [0.3, 0.4) is 0 Å². The fourth-order valence-corrected chi connectivity index (χ4v) is 3.82. The minimum absolute atomic E-state index is 0.0141. The van der Waals surface area contributed by atoms with Crippen molar-refractivity contribution in [2.45, 2.75) is 6.42 Å². The zero-order valence-electron chi connectivity index (χ0n) is 16.2. The first-order valence-electron chi connectivity index (χ1n) is 9.28. The number of carbonyl (C=O) groups excluding carboxylic acids is 1. The van der Waals surface area contributed by atoms with Gasteiger partial charge in [-0.25, -0.2) is 17.8 Å². The molecule has 3 heterocycles. The van der Waals surface area contributed by atoms with Crippen molar-refractivity contribution in [3.05, 3.63) is 47.9 Å². The van der Waals surface area contributed by atoms with Crippen molar-refractivity contribution in [1.82, 2.24) is 14.9 Å². The molecule has 1 N–H and O–H groups in total. The fraction of sp³-hybridized carbons (Fsp3) is 0.316. The lowest BCUT2D eigenvalue weighted by atomic mass is 10.1. The monoisotopic (exact) mass is 433 g/mol. The molecule has 1 amide bonds. The minimum atomic E-state index is -3.33. The molecule has 2 aromatic heterocycles. The fourth-order valence-electron chi connectivity index (χ4n) is 3.26. The zero-order chi connectivity index (χ0) is 21.3. The third kappa shape index (κ3) is 4.67. The van der Waals surface area contributed by atoms with Gasteiger partial charge in [-0.3, -0.25) is 9.52 Å². The Morgan fingerprint density at radius 2 is 1.90 bits per heavy atom. The van der Waals surface area contributed by atoms with Crippen LogP contribution >= 0.6 is 0 Å². The number of amides is 1. The molecule has 0 radical (unpaired) electrons. The van der Waals surface area contributed by atoms with Gasteiger partial charge in [-0.05, 0) is 17.7 Å². The molecule has 0 atom stereocenters. The van der Waals surface area contributed by atoms with Crippen LogP contribution in [0, 0.1) is 5.82 Å². The molecule has 4 rings (SSSR count). The summed E-state index contributed by atoms with van der Waals surface area (Å²) >= 11 is 0. The summed E-state index contributed by atoms with van der Waals surface area (Å²) in [6.45, 7) is 2.09. The number of carbonyl (C=O) groups is 1. The van der Waals surface area contributed by atoms with Crippen molar-refractivity contribution in [1.29, 1.82) is 0 Å². The molecule has 0 aliphatic carbocycles. The van der Waals surface area contributed by atoms with Crippen molar-refractivity contribution < 1.29 is 22.0 Å². The number of rotatable bonds is 5. The van der Waals surface area contributed by atoms with Gasteiger partial charge in [0.2, 0.25) is 21.6 Å². The number of oxazole rings is 1. The Hall–Kier alpha value is -3.21. The summed E-state index contributed by atoms with van der Waals surface area (Å²) in [5.41, 5.74) is 1.89. The maximum atomic E-state index is 13.3. The number of hydrogen-bond donors (Lipinski definition) is 1. The summed E-state index contributed by atoms with van der Waals surface area (Å²) in [5.74, 6) is -0.500. The molecular formula is C19H20FN5O4S. The molecule has 1 fully saturated rings. The van der Waals surface area contributed by atoms with E-state index in [1.807, 2.05) is 4.90 Å². The zero-order valence-corrected chi connectivity index (χ0v) is 17.0. The van der Waals surface area contributed by atoms with E-state index in [-0.39, 0.29) is 17.9 Å². The quantitative estimate of drug-likeness (QED) is 0.651. The first kappa shape index (κ1) is 20.1. The van der Waals surface area contributed by atoms with Crippen LogP contribution in [0.4, 0.5) is 16.1 Å². The van der Waals surface area contributed by atoms with Gasteiger partial charge in [-0.15, -0.1) is 0 Å². The number of pyridine rings is 1. The molecule has 0 spiro atoms. The largest absolute Gasteiger partial charge is 0.422 e. The summed E-state index contributed by atoms with van der Waals surface area (Å²) in [6, 6.07) is 8.33. The summed E-state index contributed by atoms with van der Waals surface area (Å²) in [7, 11) is -3.33. The maximum Gasteiger partial charge on any atom is 0.300 e. The van der Waals surface area contributed by atoms with Crippen LogP contribution < -0.4 is 9.62 Å². The highest BCUT2D eigenvalue weighted by molar-refractivity contribution is 7.92. The minimum Gasteiger partial charge on any atom is -0.422 e. The van der Waals surface area contributed by atoms with Gasteiger partial charge in [0.05, 0.1) is 18.9 Å². The van der Waals surface area contributed by atoms with Crippen LogP contribution in [-0.2, 0) is 21.2 Å². The second kappa shape index (κ2) is 7.90. The van der Waals surface area contributed by atoms with Crippen LogP contribution in [0.15, 0.2) is 40.9 Å². The molecule has 3 aromatic rings. The van der Waals surface area contributed by atoms with Crippen LogP contribution in [0.5, 0.6) is 0 Å². The number of aromatic nitrogens is 2. The lowest BCUT2D eigenvalue weighted by molar-refractivity contribution is -0.130. The summed E-state index contributed by atoms with van der Waals surface area (Å²) < 4.78 is 43.8. The van der Waals surface area contributed by atoms with Gasteiger partial charge < -0.3 is 14.2 Å². The van der Waals surface area contributed by atoms with E-state index < -0.39 is 15.8 Å². The van der Waals surface area contributed by atoms with Crippen LogP contribution in [0.25, 0.3) is 11.2 Å². The first-order chi connectivity index (χ1) is 14.3. The number of anilines is 2. The standard InChI is InChI=1S/C19H20FN5O4S/c1-30(27,28)23-15-4-2-13(3-5-15)10-17(26)24-6-8-25(9-7-24)19-22-18-16(29-19)11-14(20)12-21-18/h2-5,11-12,23H,6-10H2,1H3. The molecule has 0 saturated carbocycles. The van der Waals surface area contributed by atoms with Crippen LogP contribution in [-0.4, -0.2) is 61.6 Å². The highest BCUT2D eigenvalue weighted by Gasteiger charge is 2.24. The number of halogens is 1. The summed E-state index contributed by atoms with van der Waals surface area (Å²) in [6.07, 6.45) is 2.40. The number of fused-ring (bicyclic) bond motifs is 1. The van der Waals surface area contributed by atoms with Gasteiger partial charge >= 0.3 is 0 Å². The Kier molecular flexibility index (Phi) is 5.29. The van der Waals surface area contributed by atoms with E-state index in [0.717, 1.165) is 18.0 Å². The third-order valence-electron chi connectivity index (χ3n) is 4.72. The molecule has 1 saturated heterocycles. The van der Waals surface area contributed by atoms with Gasteiger partial charge in [0.25, 0.3) is 6.01 Å². The normalized spacial score (nSPS) is 14.9. The molecule has 0 bridgehead atoms. The second-order valence-electron chi connectivity index (χ2n) is 7.09. The summed E-state index contributed by atoms with van der Waals surface area (Å²) in [4.78, 5) is 24.5. The predicted octanol–water partition coefficient (Wildman–Crippen LogP) is 1.62. The van der Waals surface area contributed by atoms with Gasteiger partial charge in [0.15, 0.2) is 5.58 Å². The van der Waals surface area contributed by atoms with E-state index in [2.05, 4.69) is 14.7 Å². The molecule has 1 aromatic carbocycles. The number of benzene rings is 1. The topological polar surface area (TPSA) is 109 Å². The molecule has 0 unspecified atom stereocenters. The molecule has 30 heavy (non-hydrogen) atoms. The van der Waals surface area contributed by atoms with Crippen molar-refractivity contribution in [2.75, 3.05) is 42.1 Å². The molecule has 11 heteroatoms. The van der Waals surface area contributed by atoms with Gasteiger partial charge in [0.1, 0.15) is 5.82 Å². The summed E-state index contributed by atoms with van der Waals surface area (Å²) in [5, 5.41) is 0. The van der Waals surface area contributed by atoms with Crippen LogP contribution in [0.2, 0.25) is 0 Å². The van der Waals surface area contributed by atoms with Gasteiger partial charge in [0, 0.05) is 37.9 Å². The number of hydrogen-bond acceptors (Lipinski definition) is 7. The molecule has 1 aliphatic heterocycles. The van der Waals surface area contributed by atoms with E-state index in [1.165, 1.54) is 6.07 Å². The average molecular weight is 433 g/mol. The van der Waals surface area contributed by atoms with Crippen molar-refractivity contribution in [2.24, 2.45) is 0 Å². The van der Waals surface area contributed by atoms with Crippen molar-refractivity contribution in [3.63, 3.8) is 0 Å². The Bertz CT molecular complexity index is 1170. The van der Waals surface area contributed by atoms with Gasteiger partial charge in [-0.1, -0.05) is 12.1 Å². The van der Waals surface area contributed by atoms with E-state index in [1.54, 1.807) is 29.2 Å². The molecule has 1 aliphatic rings. The highest BCUT2D eigenvalue weighted by atomic mass is 32.2. The van der Waals surface area contributed by atoms with E-state index in [0.29, 0.717) is 43.5 Å². The van der Waals surface area contributed by atoms with Crippen molar-refractivity contribution >= 4 is 38.9 Å². The van der Waals surface area contributed by atoms with Crippen LogP contribution in [0.1, 0.15) is 5.56 Å². The SMILES string of the molecule is CS(=O)(=O)Nc1ccc(CC(=O)N2CCN(c3nc4ncc(F)cc4o3)CC2)cc1. The average Bonchev–Trinajstić information content (AvgIpc) is 3.11. The number of nitrogens with zero attached hydrogens (tertiary/aromatic N) is 4. The smallest absolute Gasteiger partial charge is 0.300 e. The lowest BCUT2D eigenvalue weighted by Gasteiger charge is -2.33. The number of sulfonamides is 1. The number of piperazine rings is 1. The van der Waals surface area contributed by atoms with Crippen molar-refractivity contribution in [3.8, 4) is 0 Å². The van der Waals surface area contributed by atoms with E-state index in [9.17, 15) is 17.6 Å². The van der Waals surface area contributed by atoms with E-state index >= 15 is 0 Å². The maximum absolute atomic E-state index is 13.3. The Labute approximate surface area is 172 Å². The molecule has 9 nitrogen and oxygen atoms in total. The van der Waals surface area contributed by atoms with E-state index in [4.69, 9.17) is 4.42 Å². The van der Waals surface area contributed by atoms with Gasteiger partial charge in [-0.2, -0.15) is 4.98 Å². The number of nitrogens with one attached hydrogen (secondary N) is 1. The second-order valence-corrected chi connectivity index (χ2v) is 8.84. The molecule has 158 valence electrons. The highest BCUT2D eigenvalue weighted by Crippen LogP contribution is 2.22. The Balaban J connectivity index is 1.33. The first-order valence-corrected chi connectivity index (χ1v) is 11.2. The lowest BCUT2D eigenvalue weighted by Crippen LogP contribution is -2.49. The third-order valence-corrected chi connectivity index (χ3v) is 5.32. The Morgan fingerprint density at radius 1 is 1.20 bits per heavy atom. The Morgan fingerprint density at radius 3 is 2.57 bits per heavy atom.